The van der Waals surface area contributed by atoms with E-state index in [2.05, 4.69) is 13.8 Å². The monoisotopic (exact) mass is 402 g/mol. The van der Waals surface area contributed by atoms with Crippen LogP contribution in [0, 0.1) is 11.8 Å². The van der Waals surface area contributed by atoms with Crippen molar-refractivity contribution >= 4 is 23.5 Å². The quantitative estimate of drug-likeness (QED) is 0.380. The first kappa shape index (κ1) is 24.4. The highest BCUT2D eigenvalue weighted by molar-refractivity contribution is 8.00. The van der Waals surface area contributed by atoms with E-state index in [-0.39, 0.29) is 35.7 Å². The van der Waals surface area contributed by atoms with Crippen LogP contribution in [0.15, 0.2) is 0 Å². The van der Waals surface area contributed by atoms with Gasteiger partial charge in [0, 0.05) is 29.8 Å². The topological polar surface area (TPSA) is 94.8 Å². The van der Waals surface area contributed by atoms with Gasteiger partial charge in [0.05, 0.1) is 11.7 Å². The maximum atomic E-state index is 12.3. The van der Waals surface area contributed by atoms with E-state index in [4.69, 9.17) is 5.11 Å². The number of aliphatic carboxylic acids is 1. The molecule has 3 N–H and O–H groups in total. The van der Waals surface area contributed by atoms with Crippen molar-refractivity contribution in [2.45, 2.75) is 102 Å². The number of Topliss-reactive ketones (excluding diaryl/α,β-unsaturated/α-hetero) is 1. The van der Waals surface area contributed by atoms with E-state index in [9.17, 15) is 19.8 Å². The highest BCUT2D eigenvalue weighted by Crippen LogP contribution is 2.39. The zero-order valence-electron chi connectivity index (χ0n) is 17.2. The molecule has 27 heavy (non-hydrogen) atoms. The number of carboxylic acid groups (broad SMARTS) is 1. The Bertz CT molecular complexity index is 465. The molecule has 1 rings (SSSR count). The second kappa shape index (κ2) is 12.1. The molecular formula is C21H38O5S. The minimum Gasteiger partial charge on any atom is -0.481 e. The first-order valence-electron chi connectivity index (χ1n) is 10.5. The number of unbranched alkanes of at least 4 members (excludes halogenated alkanes) is 4. The van der Waals surface area contributed by atoms with Crippen molar-refractivity contribution < 1.29 is 24.9 Å². The van der Waals surface area contributed by atoms with E-state index >= 15 is 0 Å². The van der Waals surface area contributed by atoms with Crippen LogP contribution in [0.1, 0.15) is 85.0 Å². The fourth-order valence-electron chi connectivity index (χ4n) is 3.70. The number of thioether (sulfide) groups is 1. The second-order valence-corrected chi connectivity index (χ2v) is 9.53. The second-order valence-electron chi connectivity index (χ2n) is 8.37. The van der Waals surface area contributed by atoms with Crippen molar-refractivity contribution in [3.05, 3.63) is 0 Å². The first-order valence-corrected chi connectivity index (χ1v) is 11.5. The molecule has 0 radical (unpaired) electrons. The molecule has 0 heterocycles. The Labute approximate surface area is 168 Å². The first-order chi connectivity index (χ1) is 12.7. The van der Waals surface area contributed by atoms with Crippen LogP contribution >= 0.6 is 11.8 Å². The van der Waals surface area contributed by atoms with E-state index < -0.39 is 17.7 Å². The van der Waals surface area contributed by atoms with Gasteiger partial charge in [0.25, 0.3) is 0 Å². The average molecular weight is 403 g/mol. The summed E-state index contributed by atoms with van der Waals surface area (Å²) >= 11 is 1.55. The molecule has 0 aromatic heterocycles. The van der Waals surface area contributed by atoms with Crippen LogP contribution in [0.4, 0.5) is 0 Å². The number of aliphatic hydroxyl groups excluding tert-OH is 1. The van der Waals surface area contributed by atoms with Gasteiger partial charge < -0.3 is 15.3 Å². The summed E-state index contributed by atoms with van der Waals surface area (Å²) in [6.45, 7) is 6.07. The molecule has 0 saturated heterocycles. The number of hydrogen-bond acceptors (Lipinski definition) is 5. The van der Waals surface area contributed by atoms with Gasteiger partial charge in [-0.3, -0.25) is 9.59 Å². The molecule has 5 atom stereocenters. The molecule has 0 bridgehead atoms. The molecule has 158 valence electrons. The van der Waals surface area contributed by atoms with Gasteiger partial charge in [-0.1, -0.05) is 46.0 Å². The van der Waals surface area contributed by atoms with Crippen molar-refractivity contribution in [2.24, 2.45) is 11.8 Å². The molecule has 0 aliphatic heterocycles. The minimum atomic E-state index is -0.799. The van der Waals surface area contributed by atoms with Crippen molar-refractivity contribution in [1.82, 2.24) is 0 Å². The number of ketones is 1. The van der Waals surface area contributed by atoms with Crippen LogP contribution in [-0.4, -0.2) is 49.8 Å². The number of carbonyl (C=O) groups is 2. The minimum absolute atomic E-state index is 0.129. The number of rotatable bonds is 14. The lowest BCUT2D eigenvalue weighted by Crippen LogP contribution is -2.37. The maximum Gasteiger partial charge on any atom is 0.303 e. The fraction of sp³-hybridized carbons (Fsp3) is 0.905. The zero-order chi connectivity index (χ0) is 20.4. The number of carbonyl (C=O) groups excluding carboxylic acids is 1. The normalized spacial score (nSPS) is 26.1. The summed E-state index contributed by atoms with van der Waals surface area (Å²) in [7, 11) is 0. The Balaban J connectivity index is 2.46. The summed E-state index contributed by atoms with van der Waals surface area (Å²) in [4.78, 5) is 22.8. The Hall–Kier alpha value is -0.590. The Morgan fingerprint density at radius 2 is 1.93 bits per heavy atom. The highest BCUT2D eigenvalue weighted by atomic mass is 32.2. The summed E-state index contributed by atoms with van der Waals surface area (Å²) < 4.78 is 0. The van der Waals surface area contributed by atoms with Crippen LogP contribution in [0.2, 0.25) is 0 Å². The molecule has 1 fully saturated rings. The standard InChI is InChI=1S/C21H38O5S/c1-4-5-10-15(2)21(3,26)14-27-20-16(17(22)13-18(20)23)11-8-6-7-9-12-19(24)25/h15-16,18,20,23,26H,4-14H2,1-3H3,(H,24,25)/t15?,16-,18?,20+,21?/m0/s1. The molecule has 5 nitrogen and oxygen atoms in total. The molecule has 0 spiro atoms. The van der Waals surface area contributed by atoms with Crippen LogP contribution in [0.25, 0.3) is 0 Å². The maximum absolute atomic E-state index is 12.3. The molecule has 3 unspecified atom stereocenters. The van der Waals surface area contributed by atoms with Gasteiger partial charge >= 0.3 is 5.97 Å². The average Bonchev–Trinajstić information content (AvgIpc) is 2.86. The van der Waals surface area contributed by atoms with E-state index in [0.29, 0.717) is 12.2 Å². The number of carboxylic acids is 1. The summed E-state index contributed by atoms with van der Waals surface area (Å²) in [6.07, 6.45) is 7.05. The van der Waals surface area contributed by atoms with Gasteiger partial charge in [0.1, 0.15) is 5.78 Å². The van der Waals surface area contributed by atoms with Crippen LogP contribution < -0.4 is 0 Å². The molecule has 1 saturated carbocycles. The molecule has 0 aromatic rings. The summed E-state index contributed by atoms with van der Waals surface area (Å²) in [5, 5.41) is 29.6. The predicted molar refractivity (Wildman–Crippen MR) is 110 cm³/mol. The molecule has 1 aliphatic rings. The van der Waals surface area contributed by atoms with Crippen molar-refractivity contribution in [2.75, 3.05) is 5.75 Å². The third kappa shape index (κ3) is 8.53. The van der Waals surface area contributed by atoms with Crippen LogP contribution in [-0.2, 0) is 9.59 Å². The van der Waals surface area contributed by atoms with Gasteiger partial charge in [-0.25, -0.2) is 0 Å². The Morgan fingerprint density at radius 1 is 1.26 bits per heavy atom. The smallest absolute Gasteiger partial charge is 0.303 e. The Morgan fingerprint density at radius 3 is 2.56 bits per heavy atom. The molecule has 1 aliphatic carbocycles. The van der Waals surface area contributed by atoms with Crippen molar-refractivity contribution in [3.8, 4) is 0 Å². The van der Waals surface area contributed by atoms with Gasteiger partial charge in [0.2, 0.25) is 0 Å². The third-order valence-corrected chi connectivity index (χ3v) is 7.65. The van der Waals surface area contributed by atoms with Crippen LogP contribution in [0.5, 0.6) is 0 Å². The largest absolute Gasteiger partial charge is 0.481 e. The molecule has 0 aromatic carbocycles. The van der Waals surface area contributed by atoms with E-state index in [1.807, 2.05) is 6.92 Å². The molecule has 6 heteroatoms. The molecular weight excluding hydrogens is 364 g/mol. The zero-order valence-corrected chi connectivity index (χ0v) is 18.0. The van der Waals surface area contributed by atoms with Gasteiger partial charge in [-0.2, -0.15) is 11.8 Å². The van der Waals surface area contributed by atoms with Gasteiger partial charge in [0.15, 0.2) is 0 Å². The van der Waals surface area contributed by atoms with Crippen molar-refractivity contribution in [1.29, 1.82) is 0 Å². The van der Waals surface area contributed by atoms with Gasteiger partial charge in [-0.15, -0.1) is 0 Å². The van der Waals surface area contributed by atoms with Crippen molar-refractivity contribution in [3.63, 3.8) is 0 Å². The number of aliphatic hydroxyl groups is 2. The van der Waals surface area contributed by atoms with Gasteiger partial charge in [-0.05, 0) is 32.1 Å². The van der Waals surface area contributed by atoms with E-state index in [1.54, 1.807) is 11.8 Å². The lowest BCUT2D eigenvalue weighted by atomic mass is 9.88. The van der Waals surface area contributed by atoms with Crippen LogP contribution in [0.3, 0.4) is 0 Å². The lowest BCUT2D eigenvalue weighted by Gasteiger charge is -2.32. The fourth-order valence-corrected chi connectivity index (χ4v) is 5.35. The predicted octanol–water partition coefficient (Wildman–Crippen LogP) is 4.04. The highest BCUT2D eigenvalue weighted by Gasteiger charge is 2.42. The SMILES string of the molecule is CCCCC(C)C(C)(O)CS[C@H]1C(O)CC(=O)[C@@H]1CCCCCCC(=O)O. The number of hydrogen-bond donors (Lipinski definition) is 3. The lowest BCUT2D eigenvalue weighted by molar-refractivity contribution is -0.137. The summed E-state index contributed by atoms with van der Waals surface area (Å²) in [5.74, 6) is -0.0646. The summed E-state index contributed by atoms with van der Waals surface area (Å²) in [5.41, 5.74) is -0.799. The summed E-state index contributed by atoms with van der Waals surface area (Å²) in [6, 6.07) is 0. The Kier molecular flexibility index (Phi) is 10.9. The molecule has 0 amide bonds. The van der Waals surface area contributed by atoms with E-state index in [1.165, 1.54) is 0 Å². The van der Waals surface area contributed by atoms with E-state index in [0.717, 1.165) is 44.9 Å². The third-order valence-electron chi connectivity index (χ3n) is 5.88.